The summed E-state index contributed by atoms with van der Waals surface area (Å²) in [5, 5.41) is 0. The maximum absolute atomic E-state index is 12.2. The summed E-state index contributed by atoms with van der Waals surface area (Å²) in [6.45, 7) is 9.04. The van der Waals surface area contributed by atoms with Gasteiger partial charge in [-0.2, -0.15) is 0 Å². The van der Waals surface area contributed by atoms with Crippen LogP contribution in [0, 0.1) is 0 Å². The highest BCUT2D eigenvalue weighted by atomic mass is 127. The average molecular weight is 353 g/mol. The van der Waals surface area contributed by atoms with Crippen LogP contribution < -0.4 is 0 Å². The molecule has 0 aromatic carbocycles. The second-order valence-electron chi connectivity index (χ2n) is 6.35. The number of ether oxygens (including phenoxy) is 2. The molecule has 2 bridgehead atoms. The van der Waals surface area contributed by atoms with Gasteiger partial charge in [-0.1, -0.05) is 22.6 Å². The Hall–Kier alpha value is -0.0400. The second kappa shape index (κ2) is 3.98. The molecule has 0 aliphatic carbocycles. The van der Waals surface area contributed by atoms with E-state index in [9.17, 15) is 4.79 Å². The Bertz CT molecular complexity index is 341. The Morgan fingerprint density at radius 3 is 2.65 bits per heavy atom. The van der Waals surface area contributed by atoms with Crippen molar-refractivity contribution < 1.29 is 14.3 Å². The number of amides is 1. The third kappa shape index (κ3) is 2.41. The summed E-state index contributed by atoms with van der Waals surface area (Å²) in [6, 6.07) is 0. The van der Waals surface area contributed by atoms with Gasteiger partial charge in [-0.3, -0.25) is 4.90 Å². The summed E-state index contributed by atoms with van der Waals surface area (Å²) in [5.41, 5.74) is -0.770. The van der Waals surface area contributed by atoms with Gasteiger partial charge in [0.15, 0.2) is 0 Å². The molecule has 0 aromatic rings. The van der Waals surface area contributed by atoms with E-state index in [2.05, 4.69) is 29.5 Å². The van der Waals surface area contributed by atoms with Crippen LogP contribution in [0.25, 0.3) is 0 Å². The molecule has 2 heterocycles. The summed E-state index contributed by atoms with van der Waals surface area (Å²) in [7, 11) is 0. The van der Waals surface area contributed by atoms with Gasteiger partial charge < -0.3 is 9.47 Å². The molecular weight excluding hydrogens is 333 g/mol. The van der Waals surface area contributed by atoms with Gasteiger partial charge in [0.1, 0.15) is 5.60 Å². The van der Waals surface area contributed by atoms with Gasteiger partial charge in [0.05, 0.1) is 24.3 Å². The number of nitrogens with zero attached hydrogens (tertiary/aromatic N) is 1. The quantitative estimate of drug-likeness (QED) is 0.537. The fraction of sp³-hybridized carbons (Fsp3) is 0.917. The van der Waals surface area contributed by atoms with E-state index in [1.807, 2.05) is 25.7 Å². The summed E-state index contributed by atoms with van der Waals surface area (Å²) in [5.74, 6) is 0. The lowest BCUT2D eigenvalue weighted by Gasteiger charge is -2.38. The van der Waals surface area contributed by atoms with E-state index in [0.29, 0.717) is 13.2 Å². The van der Waals surface area contributed by atoms with Crippen LogP contribution in [0.1, 0.15) is 34.1 Å². The molecule has 2 aliphatic rings. The van der Waals surface area contributed by atoms with E-state index in [1.54, 1.807) is 0 Å². The van der Waals surface area contributed by atoms with Crippen molar-refractivity contribution in [1.82, 2.24) is 4.90 Å². The number of halogens is 1. The molecular formula is C12H20INO3. The first-order valence-electron chi connectivity index (χ1n) is 5.90. The molecule has 0 N–H and O–H groups in total. The Kier molecular flexibility index (Phi) is 3.14. The molecule has 2 unspecified atom stereocenters. The van der Waals surface area contributed by atoms with Crippen molar-refractivity contribution in [3.05, 3.63) is 0 Å². The number of morpholine rings is 1. The fourth-order valence-corrected chi connectivity index (χ4v) is 3.32. The molecule has 2 aliphatic heterocycles. The Morgan fingerprint density at radius 1 is 1.53 bits per heavy atom. The van der Waals surface area contributed by atoms with Gasteiger partial charge in [-0.05, 0) is 27.7 Å². The first-order chi connectivity index (χ1) is 7.70. The molecule has 0 saturated carbocycles. The predicted octanol–water partition coefficient (Wildman–Crippen LogP) is 2.59. The lowest BCUT2D eigenvalue weighted by atomic mass is 9.97. The van der Waals surface area contributed by atoms with Crippen LogP contribution in [0.3, 0.4) is 0 Å². The molecule has 17 heavy (non-hydrogen) atoms. The smallest absolute Gasteiger partial charge is 0.410 e. The van der Waals surface area contributed by atoms with Crippen molar-refractivity contribution >= 4 is 28.7 Å². The van der Waals surface area contributed by atoms with Crippen LogP contribution in [-0.4, -0.2) is 45.3 Å². The van der Waals surface area contributed by atoms with Crippen molar-refractivity contribution in [3.63, 3.8) is 0 Å². The van der Waals surface area contributed by atoms with Crippen molar-refractivity contribution in [2.75, 3.05) is 17.6 Å². The molecule has 2 atom stereocenters. The summed E-state index contributed by atoms with van der Waals surface area (Å²) in [6.07, 6.45) is 0.706. The predicted molar refractivity (Wildman–Crippen MR) is 73.5 cm³/mol. The third-order valence-electron chi connectivity index (χ3n) is 3.35. The fourth-order valence-electron chi connectivity index (χ4n) is 2.59. The molecule has 5 heteroatoms. The maximum Gasteiger partial charge on any atom is 0.410 e. The molecule has 2 rings (SSSR count). The van der Waals surface area contributed by atoms with Gasteiger partial charge in [-0.25, -0.2) is 4.79 Å². The Balaban J connectivity index is 2.12. The van der Waals surface area contributed by atoms with Gasteiger partial charge in [0.2, 0.25) is 0 Å². The number of likely N-dealkylation sites (tertiary alicyclic amines) is 1. The lowest BCUT2D eigenvalue weighted by molar-refractivity contribution is -0.0579. The molecule has 2 fully saturated rings. The summed E-state index contributed by atoms with van der Waals surface area (Å²) < 4.78 is 12.2. The molecule has 98 valence electrons. The second-order valence-corrected chi connectivity index (χ2v) is 7.11. The number of carbonyl (C=O) groups is 1. The van der Waals surface area contributed by atoms with Crippen molar-refractivity contribution in [1.29, 1.82) is 0 Å². The zero-order chi connectivity index (χ0) is 12.9. The topological polar surface area (TPSA) is 38.8 Å². The number of carbonyl (C=O) groups excluding carboxylic acids is 1. The van der Waals surface area contributed by atoms with Gasteiger partial charge in [-0.15, -0.1) is 0 Å². The highest BCUT2D eigenvalue weighted by Gasteiger charge is 2.59. The van der Waals surface area contributed by atoms with E-state index in [4.69, 9.17) is 9.47 Å². The van der Waals surface area contributed by atoms with Gasteiger partial charge in [0, 0.05) is 10.8 Å². The van der Waals surface area contributed by atoms with Crippen LogP contribution in [-0.2, 0) is 9.47 Å². The van der Waals surface area contributed by atoms with Crippen molar-refractivity contribution in [2.24, 2.45) is 0 Å². The minimum Gasteiger partial charge on any atom is -0.444 e. The highest BCUT2D eigenvalue weighted by Crippen LogP contribution is 2.46. The van der Waals surface area contributed by atoms with E-state index in [-0.39, 0.29) is 17.2 Å². The van der Waals surface area contributed by atoms with Crippen LogP contribution in [0.15, 0.2) is 0 Å². The molecule has 4 nitrogen and oxygen atoms in total. The van der Waals surface area contributed by atoms with E-state index >= 15 is 0 Å². The zero-order valence-electron chi connectivity index (χ0n) is 10.9. The zero-order valence-corrected chi connectivity index (χ0v) is 13.0. The summed E-state index contributed by atoms with van der Waals surface area (Å²) >= 11 is 2.33. The number of alkyl halides is 1. The third-order valence-corrected chi connectivity index (χ3v) is 4.74. The first-order valence-corrected chi connectivity index (χ1v) is 7.43. The Morgan fingerprint density at radius 2 is 2.18 bits per heavy atom. The van der Waals surface area contributed by atoms with Crippen molar-refractivity contribution in [2.45, 2.75) is 50.9 Å². The van der Waals surface area contributed by atoms with Gasteiger partial charge >= 0.3 is 6.09 Å². The number of rotatable bonds is 1. The van der Waals surface area contributed by atoms with Crippen molar-refractivity contribution in [3.8, 4) is 0 Å². The lowest BCUT2D eigenvalue weighted by Crippen LogP contribution is -2.53. The van der Waals surface area contributed by atoms with Crippen LogP contribution >= 0.6 is 22.6 Å². The SMILES string of the molecule is CC(C)(C)OC(=O)N1CC2(CI)CC1(C)CO2. The number of fused-ring (bicyclic) bond motifs is 2. The average Bonchev–Trinajstić information content (AvgIpc) is 2.66. The van der Waals surface area contributed by atoms with E-state index < -0.39 is 5.60 Å². The molecule has 0 aromatic heterocycles. The summed E-state index contributed by atoms with van der Waals surface area (Å²) in [4.78, 5) is 14.0. The molecule has 0 radical (unpaired) electrons. The Labute approximate surface area is 116 Å². The van der Waals surface area contributed by atoms with Crippen LogP contribution in [0.4, 0.5) is 4.79 Å². The molecule has 1 amide bonds. The van der Waals surface area contributed by atoms with Gasteiger partial charge in [0.25, 0.3) is 0 Å². The number of hydrogen-bond acceptors (Lipinski definition) is 3. The largest absolute Gasteiger partial charge is 0.444 e. The standard InChI is InChI=1S/C12H20INO3/c1-10(2,3)17-9(15)14-7-12(6-13)5-11(14,4)8-16-12/h5-8H2,1-4H3. The molecule has 0 spiro atoms. The maximum atomic E-state index is 12.2. The van der Waals surface area contributed by atoms with E-state index in [0.717, 1.165) is 10.8 Å². The van der Waals surface area contributed by atoms with Crippen LogP contribution in [0.5, 0.6) is 0 Å². The monoisotopic (exact) mass is 353 g/mol. The first kappa shape index (κ1) is 13.4. The van der Waals surface area contributed by atoms with Crippen LogP contribution in [0.2, 0.25) is 0 Å². The minimum atomic E-state index is -0.437. The number of hydrogen-bond donors (Lipinski definition) is 0. The molecule has 2 saturated heterocycles. The highest BCUT2D eigenvalue weighted by molar-refractivity contribution is 14.1. The normalized spacial score (nSPS) is 36.4. The van der Waals surface area contributed by atoms with E-state index in [1.165, 1.54) is 0 Å². The minimum absolute atomic E-state index is 0.147.